The zero-order valence-electron chi connectivity index (χ0n) is 18.5. The smallest absolute Gasteiger partial charge is 0.240 e. The van der Waals surface area contributed by atoms with E-state index in [1.54, 1.807) is 18.3 Å². The molecule has 9 nitrogen and oxygen atoms in total. The lowest BCUT2D eigenvalue weighted by atomic mass is 10.0. The number of nitrogens with one attached hydrogen (secondary N) is 2. The third-order valence-electron chi connectivity index (χ3n) is 6.42. The molecule has 34 heavy (non-hydrogen) atoms. The van der Waals surface area contributed by atoms with Crippen molar-refractivity contribution in [1.82, 2.24) is 19.6 Å². The molecule has 1 aromatic carbocycles. The highest BCUT2D eigenvalue weighted by atomic mass is 32.2. The normalized spacial score (nSPS) is 20.2. The first-order chi connectivity index (χ1) is 16.2. The van der Waals surface area contributed by atoms with Gasteiger partial charge in [-0.1, -0.05) is 12.1 Å². The van der Waals surface area contributed by atoms with Crippen LogP contribution in [-0.2, 0) is 31.1 Å². The lowest BCUT2D eigenvalue weighted by Crippen LogP contribution is -2.35. The molecule has 2 N–H and O–H groups in total. The summed E-state index contributed by atoms with van der Waals surface area (Å²) in [6.45, 7) is 1.62. The minimum absolute atomic E-state index is 0.000548. The van der Waals surface area contributed by atoms with Gasteiger partial charge in [-0.3, -0.25) is 4.79 Å². The number of amides is 1. The highest BCUT2D eigenvalue weighted by Gasteiger charge is 2.31. The molecule has 0 saturated carbocycles. The fourth-order valence-electron chi connectivity index (χ4n) is 4.66. The van der Waals surface area contributed by atoms with Crippen LogP contribution in [0.3, 0.4) is 0 Å². The van der Waals surface area contributed by atoms with Gasteiger partial charge in [-0.05, 0) is 54.7 Å². The number of nitrogens with zero attached hydrogens (tertiary/aromatic N) is 2. The molecule has 2 aliphatic heterocycles. The number of rotatable bonds is 6. The molecule has 2 fully saturated rings. The van der Waals surface area contributed by atoms with Crippen LogP contribution in [0.5, 0.6) is 0 Å². The molecule has 1 amide bonds. The maximum absolute atomic E-state index is 12.7. The van der Waals surface area contributed by atoms with Gasteiger partial charge < -0.3 is 9.88 Å². The standard InChI is InChI=1S/C23H26N4O5S2/c28-22(27-10-1-2-11-27)14-18-13-21-20(7-9-24-23(21)25-18)16-3-5-19(6-4-16)34(31,32)26-17-8-12-33(29,30)15-17/h3-7,9,13,17,26H,1-2,8,10-12,14-15H2,(H,24,25). The highest BCUT2D eigenvalue weighted by molar-refractivity contribution is 7.92. The van der Waals surface area contributed by atoms with Crippen LogP contribution in [0.15, 0.2) is 47.5 Å². The third-order valence-corrected chi connectivity index (χ3v) is 9.72. The number of H-pyrrole nitrogens is 1. The number of carbonyl (C=O) groups excluding carboxylic acids is 1. The summed E-state index contributed by atoms with van der Waals surface area (Å²) in [6.07, 6.45) is 4.34. The van der Waals surface area contributed by atoms with Gasteiger partial charge in [-0.15, -0.1) is 0 Å². The number of benzene rings is 1. The molecule has 2 aliphatic rings. The summed E-state index contributed by atoms with van der Waals surface area (Å²) in [5, 5.41) is 0.858. The van der Waals surface area contributed by atoms with Crippen LogP contribution in [0.1, 0.15) is 25.0 Å². The van der Waals surface area contributed by atoms with E-state index in [2.05, 4.69) is 14.7 Å². The van der Waals surface area contributed by atoms with Crippen molar-refractivity contribution >= 4 is 36.8 Å². The van der Waals surface area contributed by atoms with Gasteiger partial charge in [0.1, 0.15) is 5.65 Å². The maximum Gasteiger partial charge on any atom is 0.240 e. The minimum Gasteiger partial charge on any atom is -0.343 e. The number of hydrogen-bond acceptors (Lipinski definition) is 6. The largest absolute Gasteiger partial charge is 0.343 e. The molecule has 1 atom stereocenters. The average Bonchev–Trinajstić information content (AvgIpc) is 3.53. The van der Waals surface area contributed by atoms with Crippen LogP contribution in [0.2, 0.25) is 0 Å². The van der Waals surface area contributed by atoms with E-state index in [1.807, 2.05) is 17.0 Å². The number of carbonyl (C=O) groups is 1. The van der Waals surface area contributed by atoms with Crippen LogP contribution in [0.4, 0.5) is 0 Å². The average molecular weight is 503 g/mol. The van der Waals surface area contributed by atoms with Crippen LogP contribution < -0.4 is 4.72 Å². The number of likely N-dealkylation sites (tertiary alicyclic amines) is 1. The van der Waals surface area contributed by atoms with Crippen LogP contribution >= 0.6 is 0 Å². The molecule has 2 saturated heterocycles. The Balaban J connectivity index is 1.36. The molecule has 1 unspecified atom stereocenters. The van der Waals surface area contributed by atoms with Crippen molar-refractivity contribution in [3.05, 3.63) is 48.3 Å². The molecule has 2 aromatic heterocycles. The van der Waals surface area contributed by atoms with Gasteiger partial charge in [-0.25, -0.2) is 26.5 Å². The summed E-state index contributed by atoms with van der Waals surface area (Å²) in [5.74, 6) is -0.0720. The fraction of sp³-hybridized carbons (Fsp3) is 0.391. The highest BCUT2D eigenvalue weighted by Crippen LogP contribution is 2.29. The Hall–Kier alpha value is -2.76. The monoisotopic (exact) mass is 502 g/mol. The number of fused-ring (bicyclic) bond motifs is 1. The van der Waals surface area contributed by atoms with Crippen molar-refractivity contribution in [3.8, 4) is 11.1 Å². The Morgan fingerprint density at radius 2 is 1.88 bits per heavy atom. The fourth-order valence-corrected chi connectivity index (χ4v) is 7.71. The summed E-state index contributed by atoms with van der Waals surface area (Å²) in [4.78, 5) is 22.1. The number of hydrogen-bond donors (Lipinski definition) is 2. The Bertz CT molecular complexity index is 1440. The second-order valence-corrected chi connectivity index (χ2v) is 12.9. The molecule has 0 aliphatic carbocycles. The van der Waals surface area contributed by atoms with Gasteiger partial charge >= 0.3 is 0 Å². The second kappa shape index (κ2) is 8.79. The number of sulfonamides is 1. The maximum atomic E-state index is 12.7. The van der Waals surface area contributed by atoms with Crippen LogP contribution in [-0.4, -0.2) is 68.2 Å². The predicted octanol–water partition coefficient (Wildman–Crippen LogP) is 1.86. The molecule has 3 aromatic rings. The molecule has 180 valence electrons. The van der Waals surface area contributed by atoms with Crippen molar-refractivity contribution in [2.24, 2.45) is 0 Å². The Morgan fingerprint density at radius 1 is 1.15 bits per heavy atom. The molecular weight excluding hydrogens is 476 g/mol. The summed E-state index contributed by atoms with van der Waals surface area (Å²) in [6, 6.07) is 9.64. The molecule has 0 spiro atoms. The number of sulfone groups is 1. The van der Waals surface area contributed by atoms with E-state index in [0.29, 0.717) is 5.65 Å². The lowest BCUT2D eigenvalue weighted by molar-refractivity contribution is -0.129. The van der Waals surface area contributed by atoms with E-state index >= 15 is 0 Å². The number of aromatic amines is 1. The first-order valence-electron chi connectivity index (χ1n) is 11.3. The zero-order chi connectivity index (χ0) is 23.9. The molecule has 5 rings (SSSR count). The van der Waals surface area contributed by atoms with Crippen molar-refractivity contribution in [2.75, 3.05) is 24.6 Å². The van der Waals surface area contributed by atoms with Gasteiger partial charge in [0.15, 0.2) is 9.84 Å². The predicted molar refractivity (Wildman–Crippen MR) is 128 cm³/mol. The van der Waals surface area contributed by atoms with E-state index in [1.165, 1.54) is 12.1 Å². The Morgan fingerprint density at radius 3 is 2.56 bits per heavy atom. The van der Waals surface area contributed by atoms with Crippen molar-refractivity contribution in [1.29, 1.82) is 0 Å². The molecule has 4 heterocycles. The van der Waals surface area contributed by atoms with E-state index in [4.69, 9.17) is 0 Å². The quantitative estimate of drug-likeness (QED) is 0.529. The van der Waals surface area contributed by atoms with E-state index in [0.717, 1.165) is 48.1 Å². The van der Waals surface area contributed by atoms with Gasteiger partial charge in [0.25, 0.3) is 0 Å². The number of pyridine rings is 1. The third kappa shape index (κ3) is 4.73. The van der Waals surface area contributed by atoms with Gasteiger partial charge in [0, 0.05) is 36.4 Å². The van der Waals surface area contributed by atoms with Crippen molar-refractivity contribution < 1.29 is 21.6 Å². The Labute approximate surface area is 198 Å². The lowest BCUT2D eigenvalue weighted by Gasteiger charge is -2.14. The second-order valence-electron chi connectivity index (χ2n) is 8.93. The van der Waals surface area contributed by atoms with Gasteiger partial charge in [0.05, 0.1) is 22.8 Å². The first-order valence-corrected chi connectivity index (χ1v) is 14.6. The number of aromatic nitrogens is 2. The van der Waals surface area contributed by atoms with Crippen molar-refractivity contribution in [3.63, 3.8) is 0 Å². The van der Waals surface area contributed by atoms with Gasteiger partial charge in [0.2, 0.25) is 15.9 Å². The van der Waals surface area contributed by atoms with E-state index < -0.39 is 25.9 Å². The van der Waals surface area contributed by atoms with E-state index in [9.17, 15) is 21.6 Å². The molecule has 0 radical (unpaired) electrons. The topological polar surface area (TPSA) is 129 Å². The van der Waals surface area contributed by atoms with Gasteiger partial charge in [-0.2, -0.15) is 0 Å². The summed E-state index contributed by atoms with van der Waals surface area (Å²) in [7, 11) is -7.01. The van der Waals surface area contributed by atoms with E-state index in [-0.39, 0.29) is 35.2 Å². The summed E-state index contributed by atoms with van der Waals surface area (Å²) < 4.78 is 51.2. The minimum atomic E-state index is -3.83. The summed E-state index contributed by atoms with van der Waals surface area (Å²) in [5.41, 5.74) is 3.15. The zero-order valence-corrected chi connectivity index (χ0v) is 20.2. The van der Waals surface area contributed by atoms with Crippen LogP contribution in [0, 0.1) is 0 Å². The van der Waals surface area contributed by atoms with Crippen molar-refractivity contribution in [2.45, 2.75) is 36.6 Å². The molecule has 0 bridgehead atoms. The molecule has 11 heteroatoms. The first kappa shape index (κ1) is 23.0. The SMILES string of the molecule is O=C(Cc1cc2c(-c3ccc(S(=O)(=O)NC4CCS(=O)(=O)C4)cc3)ccnc2[nH]1)N1CCCC1. The molecular formula is C23H26N4O5S2. The van der Waals surface area contributed by atoms with Crippen LogP contribution in [0.25, 0.3) is 22.2 Å². The Kier molecular flexibility index (Phi) is 5.95. The summed E-state index contributed by atoms with van der Waals surface area (Å²) >= 11 is 0.